The van der Waals surface area contributed by atoms with E-state index in [-0.39, 0.29) is 23.9 Å². The molecule has 0 spiro atoms. The third kappa shape index (κ3) is 6.19. The summed E-state index contributed by atoms with van der Waals surface area (Å²) in [7, 11) is 0. The molecular formula is C26H38F3N3O2. The summed E-state index contributed by atoms with van der Waals surface area (Å²) >= 11 is 0. The smallest absolute Gasteiger partial charge is 0.390 e. The molecule has 5 nitrogen and oxygen atoms in total. The molecule has 3 atom stereocenters. The van der Waals surface area contributed by atoms with Crippen LogP contribution in [0.3, 0.4) is 0 Å². The number of amides is 1. The summed E-state index contributed by atoms with van der Waals surface area (Å²) in [6.45, 7) is 10.7. The van der Waals surface area contributed by atoms with Crippen molar-refractivity contribution in [2.45, 2.75) is 90.6 Å². The van der Waals surface area contributed by atoms with Gasteiger partial charge in [0.1, 0.15) is 0 Å². The molecule has 190 valence electrons. The molecule has 1 aliphatic heterocycles. The normalized spacial score (nSPS) is 24.9. The van der Waals surface area contributed by atoms with Crippen LogP contribution in [-0.4, -0.2) is 51.7 Å². The van der Waals surface area contributed by atoms with E-state index in [0.29, 0.717) is 31.6 Å². The molecule has 1 unspecified atom stereocenters. The number of aromatic nitrogens is 1. The molecule has 34 heavy (non-hydrogen) atoms. The molecular weight excluding hydrogens is 443 g/mol. The minimum atomic E-state index is -4.41. The highest BCUT2D eigenvalue weighted by Crippen LogP contribution is 2.46. The summed E-state index contributed by atoms with van der Waals surface area (Å²) in [6.07, 6.45) is 2.20. The molecule has 0 radical (unpaired) electrons. The number of carbonyl (C=O) groups is 1. The average Bonchev–Trinajstić information content (AvgIpc) is 3.16. The predicted molar refractivity (Wildman–Crippen MR) is 127 cm³/mol. The van der Waals surface area contributed by atoms with Gasteiger partial charge in [-0.15, -0.1) is 0 Å². The van der Waals surface area contributed by atoms with Gasteiger partial charge in [0.2, 0.25) is 5.91 Å². The van der Waals surface area contributed by atoms with E-state index >= 15 is 0 Å². The third-order valence-electron chi connectivity index (χ3n) is 7.32. The van der Waals surface area contributed by atoms with E-state index in [1.54, 1.807) is 13.8 Å². The number of halogens is 3. The van der Waals surface area contributed by atoms with Crippen LogP contribution >= 0.6 is 0 Å². The molecule has 0 bridgehead atoms. The van der Waals surface area contributed by atoms with Crippen LogP contribution < -0.4 is 5.32 Å². The lowest BCUT2D eigenvalue weighted by molar-refractivity contribution is -0.144. The largest absolute Gasteiger partial charge is 0.416 e. The van der Waals surface area contributed by atoms with Crippen molar-refractivity contribution < 1.29 is 23.1 Å². The van der Waals surface area contributed by atoms with E-state index in [1.165, 1.54) is 6.20 Å². The van der Waals surface area contributed by atoms with Crippen molar-refractivity contribution >= 4 is 11.5 Å². The Balaban J connectivity index is 1.68. The van der Waals surface area contributed by atoms with Crippen molar-refractivity contribution in [3.8, 4) is 0 Å². The summed E-state index contributed by atoms with van der Waals surface area (Å²) in [6, 6.07) is 2.42. The zero-order valence-electron chi connectivity index (χ0n) is 20.9. The van der Waals surface area contributed by atoms with Crippen LogP contribution in [-0.2, 0) is 11.0 Å². The summed E-state index contributed by atoms with van der Waals surface area (Å²) in [4.78, 5) is 19.7. The molecule has 2 heterocycles. The standard InChI is InChI=1S/C26H38F3N3O2/c1-17(2)25(10-6-21(16-25)31-18(3)15-24(4,5)34)23(33)32-12-8-19(9-13-32)22-14-20(7-11-30-22)26(27,28)29/h7-8,11,14,17-18,21,31,34H,6,9-10,12-13,15-16H2,1-5H3/t18?,21-,25+/m1/s1. The van der Waals surface area contributed by atoms with Crippen molar-refractivity contribution in [3.05, 3.63) is 35.7 Å². The van der Waals surface area contributed by atoms with Gasteiger partial charge < -0.3 is 15.3 Å². The maximum Gasteiger partial charge on any atom is 0.416 e. The van der Waals surface area contributed by atoms with Crippen molar-refractivity contribution in [3.63, 3.8) is 0 Å². The quantitative estimate of drug-likeness (QED) is 0.572. The number of aliphatic hydroxyl groups is 1. The van der Waals surface area contributed by atoms with Crippen molar-refractivity contribution in [1.82, 2.24) is 15.2 Å². The minimum absolute atomic E-state index is 0.134. The minimum Gasteiger partial charge on any atom is -0.390 e. The molecule has 1 aromatic rings. The fourth-order valence-corrected chi connectivity index (χ4v) is 5.58. The maximum atomic E-state index is 13.7. The SMILES string of the molecule is CC(CC(C)(C)O)N[C@@H]1CC[C@@](C(=O)N2CC=C(c3cc(C(F)(F)F)ccn3)CC2)(C(C)C)C1. The summed E-state index contributed by atoms with van der Waals surface area (Å²) in [5.74, 6) is 0.307. The zero-order valence-corrected chi connectivity index (χ0v) is 20.9. The number of pyridine rings is 1. The average molecular weight is 482 g/mol. The van der Waals surface area contributed by atoms with E-state index in [1.807, 2.05) is 11.0 Å². The van der Waals surface area contributed by atoms with E-state index in [9.17, 15) is 23.1 Å². The van der Waals surface area contributed by atoms with Gasteiger partial charge in [-0.1, -0.05) is 19.9 Å². The van der Waals surface area contributed by atoms with Gasteiger partial charge in [0.25, 0.3) is 0 Å². The number of nitrogens with one attached hydrogen (secondary N) is 1. The van der Waals surface area contributed by atoms with E-state index in [0.717, 1.165) is 37.0 Å². The van der Waals surface area contributed by atoms with Crippen LogP contribution in [0.25, 0.3) is 5.57 Å². The summed E-state index contributed by atoms with van der Waals surface area (Å²) in [5.41, 5.74) is -0.834. The lowest BCUT2D eigenvalue weighted by Crippen LogP contribution is -2.48. The first kappa shape index (κ1) is 26.7. The second-order valence-electron chi connectivity index (χ2n) is 11.0. The fraction of sp³-hybridized carbons (Fsp3) is 0.692. The first-order chi connectivity index (χ1) is 15.7. The Kier molecular flexibility index (Phi) is 7.82. The van der Waals surface area contributed by atoms with Crippen molar-refractivity contribution in [1.29, 1.82) is 0 Å². The summed E-state index contributed by atoms with van der Waals surface area (Å²) in [5, 5.41) is 13.7. The molecule has 1 saturated carbocycles. The Morgan fingerprint density at radius 3 is 2.59 bits per heavy atom. The Morgan fingerprint density at radius 2 is 2.03 bits per heavy atom. The second-order valence-corrected chi connectivity index (χ2v) is 11.0. The van der Waals surface area contributed by atoms with Crippen LogP contribution in [0.15, 0.2) is 24.4 Å². The van der Waals surface area contributed by atoms with Crippen LogP contribution in [0.5, 0.6) is 0 Å². The highest BCUT2D eigenvalue weighted by atomic mass is 19.4. The molecule has 1 aliphatic carbocycles. The first-order valence-corrected chi connectivity index (χ1v) is 12.2. The van der Waals surface area contributed by atoms with Gasteiger partial charge in [0.15, 0.2) is 0 Å². The second kappa shape index (κ2) is 9.97. The molecule has 8 heteroatoms. The van der Waals surface area contributed by atoms with E-state index < -0.39 is 22.8 Å². The highest BCUT2D eigenvalue weighted by Gasteiger charge is 2.49. The number of carbonyl (C=O) groups excluding carboxylic acids is 1. The monoisotopic (exact) mass is 481 g/mol. The number of rotatable bonds is 7. The number of hydrogen-bond donors (Lipinski definition) is 2. The van der Waals surface area contributed by atoms with Gasteiger partial charge in [-0.3, -0.25) is 9.78 Å². The van der Waals surface area contributed by atoms with E-state index in [2.05, 4.69) is 31.1 Å². The Labute approximate surface area is 200 Å². The molecule has 1 amide bonds. The van der Waals surface area contributed by atoms with Gasteiger partial charge in [-0.2, -0.15) is 13.2 Å². The number of hydrogen-bond acceptors (Lipinski definition) is 4. The highest BCUT2D eigenvalue weighted by molar-refractivity contribution is 5.84. The molecule has 1 fully saturated rings. The first-order valence-electron chi connectivity index (χ1n) is 12.2. The van der Waals surface area contributed by atoms with Crippen LogP contribution in [0, 0.1) is 11.3 Å². The Bertz CT molecular complexity index is 907. The number of alkyl halides is 3. The Morgan fingerprint density at radius 1 is 1.32 bits per heavy atom. The van der Waals surface area contributed by atoms with Crippen LogP contribution in [0.1, 0.15) is 78.0 Å². The molecule has 2 aliphatic rings. The fourth-order valence-electron chi connectivity index (χ4n) is 5.58. The molecule has 1 aromatic heterocycles. The lowest BCUT2D eigenvalue weighted by atomic mass is 9.74. The van der Waals surface area contributed by atoms with Gasteiger partial charge in [-0.25, -0.2) is 0 Å². The zero-order chi connectivity index (χ0) is 25.3. The lowest BCUT2D eigenvalue weighted by Gasteiger charge is -2.39. The van der Waals surface area contributed by atoms with Gasteiger partial charge >= 0.3 is 6.18 Å². The third-order valence-corrected chi connectivity index (χ3v) is 7.32. The molecule has 0 saturated heterocycles. The van der Waals surface area contributed by atoms with Gasteiger partial charge in [-0.05, 0) is 76.5 Å². The molecule has 2 N–H and O–H groups in total. The van der Waals surface area contributed by atoms with Crippen LogP contribution in [0.4, 0.5) is 13.2 Å². The van der Waals surface area contributed by atoms with Crippen LogP contribution in [0.2, 0.25) is 0 Å². The maximum absolute atomic E-state index is 13.7. The molecule has 0 aromatic carbocycles. The predicted octanol–water partition coefficient (Wildman–Crippen LogP) is 5.05. The van der Waals surface area contributed by atoms with Crippen molar-refractivity contribution in [2.75, 3.05) is 13.1 Å². The van der Waals surface area contributed by atoms with Gasteiger partial charge in [0.05, 0.1) is 22.3 Å². The number of nitrogens with zero attached hydrogens (tertiary/aromatic N) is 2. The van der Waals surface area contributed by atoms with E-state index in [4.69, 9.17) is 0 Å². The Hall–Kier alpha value is -1.93. The van der Waals surface area contributed by atoms with Crippen molar-refractivity contribution in [2.24, 2.45) is 11.3 Å². The molecule has 3 rings (SSSR count). The summed E-state index contributed by atoms with van der Waals surface area (Å²) < 4.78 is 39.2. The topological polar surface area (TPSA) is 65.5 Å². The van der Waals surface area contributed by atoms with Gasteiger partial charge in [0, 0.05) is 31.4 Å².